The fourth-order valence-corrected chi connectivity index (χ4v) is 4.57. The predicted molar refractivity (Wildman–Crippen MR) is 148 cm³/mol. The quantitative estimate of drug-likeness (QED) is 0.239. The number of hydrogen-bond acceptors (Lipinski definition) is 6. The molecule has 5 N–H and O–H groups in total. The minimum atomic E-state index is -1.49. The van der Waals surface area contributed by atoms with Gasteiger partial charge >= 0.3 is 5.97 Å². The van der Waals surface area contributed by atoms with E-state index < -0.39 is 17.4 Å². The number of Topliss-reactive ketones (excluding diaryl/α,β-unsaturated/α-hetero) is 1. The first-order chi connectivity index (χ1) is 17.7. The molecule has 0 spiro atoms. The number of rotatable bonds is 11. The van der Waals surface area contributed by atoms with Crippen LogP contribution in [0.5, 0.6) is 0 Å². The van der Waals surface area contributed by atoms with Gasteiger partial charge in [-0.25, -0.2) is 4.79 Å². The second-order valence-electron chi connectivity index (χ2n) is 9.84. The average molecular weight is 504 g/mol. The highest BCUT2D eigenvalue weighted by Crippen LogP contribution is 2.29. The fraction of sp³-hybridized carbons (Fsp3) is 0.367. The summed E-state index contributed by atoms with van der Waals surface area (Å²) >= 11 is 0. The van der Waals surface area contributed by atoms with Gasteiger partial charge in [0.05, 0.1) is 5.92 Å². The highest BCUT2D eigenvalue weighted by Gasteiger charge is 2.35. The highest BCUT2D eigenvalue weighted by atomic mass is 16.4. The van der Waals surface area contributed by atoms with Gasteiger partial charge in [-0.1, -0.05) is 42.5 Å². The summed E-state index contributed by atoms with van der Waals surface area (Å²) in [5.74, 6) is -2.10. The summed E-state index contributed by atoms with van der Waals surface area (Å²) in [7, 11) is 3.95. The Morgan fingerprint density at radius 2 is 1.70 bits per heavy atom. The summed E-state index contributed by atoms with van der Waals surface area (Å²) in [6, 6.07) is 14.8. The van der Waals surface area contributed by atoms with Crippen LogP contribution >= 0.6 is 0 Å². The van der Waals surface area contributed by atoms with Crippen LogP contribution in [0.15, 0.2) is 60.2 Å². The van der Waals surface area contributed by atoms with E-state index in [9.17, 15) is 19.5 Å². The van der Waals surface area contributed by atoms with Gasteiger partial charge in [0.2, 0.25) is 0 Å². The van der Waals surface area contributed by atoms with E-state index in [4.69, 9.17) is 11.5 Å². The molecule has 0 saturated heterocycles. The first-order valence-electron chi connectivity index (χ1n) is 12.7. The molecule has 37 heavy (non-hydrogen) atoms. The molecule has 196 valence electrons. The number of anilines is 1. The Hall–Kier alpha value is -3.55. The Labute approximate surface area is 218 Å². The number of aliphatic carboxylic acids is 1. The molecule has 0 amide bonds. The SMILES string of the molecule is CN(C)c1ccc(C=C2CCCC(C(=O)C=Cc3ccc(C(N)(CCCCN)C(=O)O)cc3)C2=O)cc1. The molecule has 2 aromatic rings. The first-order valence-corrected chi connectivity index (χ1v) is 12.7. The zero-order valence-corrected chi connectivity index (χ0v) is 21.7. The number of ketones is 2. The van der Waals surface area contributed by atoms with Gasteiger partial charge in [0, 0.05) is 19.8 Å². The molecule has 1 aliphatic rings. The Kier molecular flexibility index (Phi) is 9.55. The second kappa shape index (κ2) is 12.6. The van der Waals surface area contributed by atoms with Crippen molar-refractivity contribution in [3.8, 4) is 0 Å². The van der Waals surface area contributed by atoms with Crippen LogP contribution in [0.3, 0.4) is 0 Å². The van der Waals surface area contributed by atoms with Crippen molar-refractivity contribution >= 4 is 35.4 Å². The molecule has 7 nitrogen and oxygen atoms in total. The lowest BCUT2D eigenvalue weighted by Crippen LogP contribution is -2.44. The molecular weight excluding hydrogens is 466 g/mol. The number of carbonyl (C=O) groups is 3. The van der Waals surface area contributed by atoms with Crippen LogP contribution in [0.4, 0.5) is 5.69 Å². The average Bonchev–Trinajstić information content (AvgIpc) is 2.89. The lowest BCUT2D eigenvalue weighted by Gasteiger charge is -2.25. The topological polar surface area (TPSA) is 127 Å². The monoisotopic (exact) mass is 503 g/mol. The maximum absolute atomic E-state index is 13.1. The normalized spacial score (nSPS) is 18.6. The number of allylic oxidation sites excluding steroid dienone is 2. The lowest BCUT2D eigenvalue weighted by atomic mass is 9.81. The fourth-order valence-electron chi connectivity index (χ4n) is 4.57. The van der Waals surface area contributed by atoms with E-state index in [-0.39, 0.29) is 18.0 Å². The Bertz CT molecular complexity index is 1170. The number of carboxylic acid groups (broad SMARTS) is 1. The van der Waals surface area contributed by atoms with Gasteiger partial charge in [0.15, 0.2) is 11.6 Å². The molecular formula is C30H37N3O4. The Balaban J connectivity index is 1.68. The standard InChI is InChI=1S/C30H37N3O4/c1-33(2)25-15-10-22(11-16-25)20-23-6-5-7-26(28(23)35)27(34)17-12-21-8-13-24(14-9-21)30(32,29(36)37)18-3-4-19-31/h8-17,20,26H,3-7,18-19,31-32H2,1-2H3,(H,36,37). The third-order valence-electron chi connectivity index (χ3n) is 6.94. The molecule has 2 atom stereocenters. The van der Waals surface area contributed by atoms with E-state index in [0.29, 0.717) is 43.4 Å². The maximum atomic E-state index is 13.1. The van der Waals surface area contributed by atoms with E-state index in [2.05, 4.69) is 0 Å². The minimum absolute atomic E-state index is 0.111. The molecule has 0 aromatic heterocycles. The molecule has 1 saturated carbocycles. The van der Waals surface area contributed by atoms with Gasteiger partial charge in [0.1, 0.15) is 5.54 Å². The third-order valence-corrected chi connectivity index (χ3v) is 6.94. The molecule has 3 rings (SSSR count). The van der Waals surface area contributed by atoms with Crippen molar-refractivity contribution in [1.29, 1.82) is 0 Å². The van der Waals surface area contributed by atoms with Crippen LogP contribution in [0, 0.1) is 5.92 Å². The van der Waals surface area contributed by atoms with E-state index in [1.807, 2.05) is 49.3 Å². The van der Waals surface area contributed by atoms with Crippen molar-refractivity contribution in [3.63, 3.8) is 0 Å². The van der Waals surface area contributed by atoms with Crippen LogP contribution < -0.4 is 16.4 Å². The van der Waals surface area contributed by atoms with Crippen LogP contribution in [0.25, 0.3) is 12.2 Å². The van der Waals surface area contributed by atoms with Crippen molar-refractivity contribution in [1.82, 2.24) is 0 Å². The second-order valence-corrected chi connectivity index (χ2v) is 9.84. The molecule has 1 fully saturated rings. The summed E-state index contributed by atoms with van der Waals surface area (Å²) < 4.78 is 0. The zero-order chi connectivity index (χ0) is 27.0. The number of nitrogens with zero attached hydrogens (tertiary/aromatic N) is 1. The van der Waals surface area contributed by atoms with E-state index in [1.165, 1.54) is 6.08 Å². The summed E-state index contributed by atoms with van der Waals surface area (Å²) in [5, 5.41) is 9.70. The first kappa shape index (κ1) is 28.0. The van der Waals surface area contributed by atoms with E-state index >= 15 is 0 Å². The summed E-state index contributed by atoms with van der Waals surface area (Å²) in [4.78, 5) is 39.9. The van der Waals surface area contributed by atoms with Gasteiger partial charge in [-0.3, -0.25) is 9.59 Å². The van der Waals surface area contributed by atoms with Crippen LogP contribution in [-0.4, -0.2) is 43.3 Å². The van der Waals surface area contributed by atoms with Gasteiger partial charge < -0.3 is 21.5 Å². The maximum Gasteiger partial charge on any atom is 0.328 e. The third kappa shape index (κ3) is 7.02. The highest BCUT2D eigenvalue weighted by molar-refractivity contribution is 6.16. The van der Waals surface area contributed by atoms with Crippen molar-refractivity contribution < 1.29 is 19.5 Å². The smallest absolute Gasteiger partial charge is 0.328 e. The van der Waals surface area contributed by atoms with Gasteiger partial charge in [-0.05, 0) is 91.6 Å². The minimum Gasteiger partial charge on any atom is -0.480 e. The predicted octanol–water partition coefficient (Wildman–Crippen LogP) is 4.16. The van der Waals surface area contributed by atoms with Gasteiger partial charge in [0.25, 0.3) is 0 Å². The number of nitrogens with two attached hydrogens (primary N) is 2. The van der Waals surface area contributed by atoms with E-state index in [0.717, 1.165) is 23.2 Å². The molecule has 7 heteroatoms. The number of carbonyl (C=O) groups excluding carboxylic acids is 2. The number of unbranched alkanes of at least 4 members (excludes halogenated alkanes) is 1. The van der Waals surface area contributed by atoms with E-state index in [1.54, 1.807) is 30.3 Å². The van der Waals surface area contributed by atoms with Crippen LogP contribution in [0.2, 0.25) is 0 Å². The van der Waals surface area contributed by atoms with Crippen molar-refractivity contribution in [3.05, 3.63) is 76.9 Å². The van der Waals surface area contributed by atoms with Gasteiger partial charge in [-0.15, -0.1) is 0 Å². The molecule has 1 aliphatic carbocycles. The Morgan fingerprint density at radius 3 is 2.30 bits per heavy atom. The summed E-state index contributed by atoms with van der Waals surface area (Å²) in [6.07, 6.45) is 8.58. The van der Waals surface area contributed by atoms with Gasteiger partial charge in [-0.2, -0.15) is 0 Å². The van der Waals surface area contributed by atoms with Crippen molar-refractivity contribution in [2.24, 2.45) is 17.4 Å². The number of benzene rings is 2. The summed E-state index contributed by atoms with van der Waals surface area (Å²) in [5.41, 5.74) is 14.2. The summed E-state index contributed by atoms with van der Waals surface area (Å²) in [6.45, 7) is 0.484. The van der Waals surface area contributed by atoms with Crippen LogP contribution in [0.1, 0.15) is 55.2 Å². The van der Waals surface area contributed by atoms with Crippen LogP contribution in [-0.2, 0) is 19.9 Å². The molecule has 0 radical (unpaired) electrons. The molecule has 2 aromatic carbocycles. The van der Waals surface area contributed by atoms with Crippen molar-refractivity contribution in [2.45, 2.75) is 44.1 Å². The molecule has 0 bridgehead atoms. The molecule has 0 heterocycles. The lowest BCUT2D eigenvalue weighted by molar-refractivity contribution is -0.144. The largest absolute Gasteiger partial charge is 0.480 e. The molecule has 0 aliphatic heterocycles. The Morgan fingerprint density at radius 1 is 1.05 bits per heavy atom. The van der Waals surface area contributed by atoms with Crippen molar-refractivity contribution in [2.75, 3.05) is 25.5 Å². The number of hydrogen-bond donors (Lipinski definition) is 3. The molecule has 2 unspecified atom stereocenters. The number of carboxylic acids is 1. The zero-order valence-electron chi connectivity index (χ0n) is 21.7.